The lowest BCUT2D eigenvalue weighted by atomic mass is 9.86. The van der Waals surface area contributed by atoms with Crippen molar-refractivity contribution in [3.63, 3.8) is 0 Å². The molecule has 0 bridgehead atoms. The van der Waals surface area contributed by atoms with Crippen molar-refractivity contribution >= 4 is 15.9 Å². The van der Waals surface area contributed by atoms with E-state index in [2.05, 4.69) is 35.0 Å². The Morgan fingerprint density at radius 1 is 1.43 bits per heavy atom. The molecule has 0 saturated heterocycles. The van der Waals surface area contributed by atoms with Crippen LogP contribution in [0, 0.1) is 12.8 Å². The van der Waals surface area contributed by atoms with Gasteiger partial charge >= 0.3 is 0 Å². The van der Waals surface area contributed by atoms with Gasteiger partial charge in [0.05, 0.1) is 11.1 Å². The Labute approximate surface area is 93.6 Å². The van der Waals surface area contributed by atoms with Gasteiger partial charge in [-0.1, -0.05) is 12.5 Å². The molecular weight excluding hydrogens is 240 g/mol. The lowest BCUT2D eigenvalue weighted by Crippen LogP contribution is -2.19. The molecule has 0 aromatic heterocycles. The van der Waals surface area contributed by atoms with E-state index in [1.54, 1.807) is 0 Å². The number of ether oxygens (including phenoxy) is 1. The minimum Gasteiger partial charge on any atom is -0.492 e. The lowest BCUT2D eigenvalue weighted by Gasteiger charge is -2.25. The first-order chi connectivity index (χ1) is 6.75. The summed E-state index contributed by atoms with van der Waals surface area (Å²) in [6.45, 7) is 2.96. The predicted molar refractivity (Wildman–Crippen MR) is 61.7 cm³/mol. The van der Waals surface area contributed by atoms with Crippen LogP contribution in [0.15, 0.2) is 22.7 Å². The van der Waals surface area contributed by atoms with E-state index in [9.17, 15) is 0 Å². The van der Waals surface area contributed by atoms with E-state index in [1.807, 2.05) is 6.07 Å². The Morgan fingerprint density at radius 3 is 2.79 bits per heavy atom. The molecule has 2 heteroatoms. The first-order valence-corrected chi connectivity index (χ1v) is 5.94. The Kier molecular flexibility index (Phi) is 3.12. The van der Waals surface area contributed by atoms with Crippen LogP contribution in [0.5, 0.6) is 5.75 Å². The first kappa shape index (κ1) is 10.0. The highest BCUT2D eigenvalue weighted by atomic mass is 79.9. The molecule has 1 aliphatic carbocycles. The van der Waals surface area contributed by atoms with Crippen molar-refractivity contribution in [2.45, 2.75) is 26.2 Å². The standard InChI is InChI=1S/C12H15BrO/c1-9-5-6-12(11(13)7-9)14-8-10-3-2-4-10/h5-7,10H,2-4,8H2,1H3. The molecule has 1 aliphatic rings. The smallest absolute Gasteiger partial charge is 0.133 e. The van der Waals surface area contributed by atoms with Crippen molar-refractivity contribution in [3.05, 3.63) is 28.2 Å². The van der Waals surface area contributed by atoms with Crippen LogP contribution in [0.4, 0.5) is 0 Å². The third-order valence-corrected chi connectivity index (χ3v) is 3.41. The third-order valence-electron chi connectivity index (χ3n) is 2.79. The average Bonchev–Trinajstić information content (AvgIpc) is 2.05. The van der Waals surface area contributed by atoms with E-state index >= 15 is 0 Å². The normalized spacial score (nSPS) is 16.4. The van der Waals surface area contributed by atoms with Gasteiger partial charge in [0.1, 0.15) is 5.75 Å². The van der Waals surface area contributed by atoms with Gasteiger partial charge in [-0.2, -0.15) is 0 Å². The van der Waals surface area contributed by atoms with Gasteiger partial charge in [0.15, 0.2) is 0 Å². The van der Waals surface area contributed by atoms with Crippen molar-refractivity contribution in [1.29, 1.82) is 0 Å². The molecule has 1 aromatic rings. The third kappa shape index (κ3) is 2.30. The van der Waals surface area contributed by atoms with Crippen LogP contribution in [0.1, 0.15) is 24.8 Å². The Hall–Kier alpha value is -0.500. The molecule has 2 rings (SSSR count). The van der Waals surface area contributed by atoms with Gasteiger partial charge in [-0.15, -0.1) is 0 Å². The van der Waals surface area contributed by atoms with E-state index in [0.717, 1.165) is 22.7 Å². The maximum Gasteiger partial charge on any atom is 0.133 e. The van der Waals surface area contributed by atoms with Gasteiger partial charge in [0.25, 0.3) is 0 Å². The quantitative estimate of drug-likeness (QED) is 0.794. The highest BCUT2D eigenvalue weighted by Crippen LogP contribution is 2.30. The molecule has 0 heterocycles. The summed E-state index contributed by atoms with van der Waals surface area (Å²) in [5.74, 6) is 1.77. The molecule has 14 heavy (non-hydrogen) atoms. The first-order valence-electron chi connectivity index (χ1n) is 5.14. The van der Waals surface area contributed by atoms with Crippen LogP contribution < -0.4 is 4.74 Å². The second-order valence-corrected chi connectivity index (χ2v) is 4.90. The van der Waals surface area contributed by atoms with E-state index in [4.69, 9.17) is 4.74 Å². The van der Waals surface area contributed by atoms with Crippen molar-refractivity contribution < 1.29 is 4.74 Å². The molecule has 0 spiro atoms. The van der Waals surface area contributed by atoms with Gasteiger partial charge < -0.3 is 4.74 Å². The average molecular weight is 255 g/mol. The maximum absolute atomic E-state index is 5.75. The largest absolute Gasteiger partial charge is 0.492 e. The second kappa shape index (κ2) is 4.35. The second-order valence-electron chi connectivity index (χ2n) is 4.04. The van der Waals surface area contributed by atoms with Crippen molar-refractivity contribution in [3.8, 4) is 5.75 Å². The van der Waals surface area contributed by atoms with Gasteiger partial charge in [0.2, 0.25) is 0 Å². The number of rotatable bonds is 3. The molecule has 0 unspecified atom stereocenters. The van der Waals surface area contributed by atoms with Gasteiger partial charge in [-0.25, -0.2) is 0 Å². The number of hydrogen-bond donors (Lipinski definition) is 0. The van der Waals surface area contributed by atoms with Crippen LogP contribution in [-0.2, 0) is 0 Å². The molecule has 0 amide bonds. The zero-order valence-electron chi connectivity index (χ0n) is 8.42. The number of aryl methyl sites for hydroxylation is 1. The summed E-state index contributed by atoms with van der Waals surface area (Å²) in [7, 11) is 0. The predicted octanol–water partition coefficient (Wildman–Crippen LogP) is 3.94. The number of hydrogen-bond acceptors (Lipinski definition) is 1. The summed E-state index contributed by atoms with van der Waals surface area (Å²) in [6.07, 6.45) is 4.05. The summed E-state index contributed by atoms with van der Waals surface area (Å²) >= 11 is 3.51. The van der Waals surface area contributed by atoms with E-state index < -0.39 is 0 Å². The van der Waals surface area contributed by atoms with Gasteiger partial charge in [-0.3, -0.25) is 0 Å². The molecule has 1 aromatic carbocycles. The van der Waals surface area contributed by atoms with Crippen molar-refractivity contribution in [2.24, 2.45) is 5.92 Å². The number of halogens is 1. The minimum absolute atomic E-state index is 0.795. The van der Waals surface area contributed by atoms with Gasteiger partial charge in [-0.05, 0) is 59.3 Å². The minimum atomic E-state index is 0.795. The zero-order valence-corrected chi connectivity index (χ0v) is 10.0. The summed E-state index contributed by atoms with van der Waals surface area (Å²) < 4.78 is 6.82. The molecule has 1 nitrogen and oxygen atoms in total. The Bertz CT molecular complexity index is 318. The van der Waals surface area contributed by atoms with E-state index in [1.165, 1.54) is 24.8 Å². The molecule has 0 atom stereocenters. The Morgan fingerprint density at radius 2 is 2.21 bits per heavy atom. The van der Waals surface area contributed by atoms with Crippen molar-refractivity contribution in [2.75, 3.05) is 6.61 Å². The van der Waals surface area contributed by atoms with Crippen LogP contribution in [0.25, 0.3) is 0 Å². The van der Waals surface area contributed by atoms with Crippen LogP contribution in [0.3, 0.4) is 0 Å². The number of benzene rings is 1. The summed E-state index contributed by atoms with van der Waals surface area (Å²) in [5, 5.41) is 0. The van der Waals surface area contributed by atoms with E-state index in [0.29, 0.717) is 0 Å². The Balaban J connectivity index is 1.94. The lowest BCUT2D eigenvalue weighted by molar-refractivity contribution is 0.180. The SMILES string of the molecule is Cc1ccc(OCC2CCC2)c(Br)c1. The molecule has 0 aliphatic heterocycles. The fraction of sp³-hybridized carbons (Fsp3) is 0.500. The topological polar surface area (TPSA) is 9.23 Å². The van der Waals surface area contributed by atoms with Gasteiger partial charge in [0, 0.05) is 0 Å². The highest BCUT2D eigenvalue weighted by molar-refractivity contribution is 9.10. The fourth-order valence-corrected chi connectivity index (χ4v) is 2.20. The molecule has 0 radical (unpaired) electrons. The fourth-order valence-electron chi connectivity index (χ4n) is 1.59. The zero-order chi connectivity index (χ0) is 9.97. The molecule has 1 saturated carbocycles. The van der Waals surface area contributed by atoms with Crippen LogP contribution >= 0.6 is 15.9 Å². The van der Waals surface area contributed by atoms with Crippen LogP contribution in [0.2, 0.25) is 0 Å². The van der Waals surface area contributed by atoms with Crippen molar-refractivity contribution in [1.82, 2.24) is 0 Å². The van der Waals surface area contributed by atoms with E-state index in [-0.39, 0.29) is 0 Å². The molecular formula is C12H15BrO. The highest BCUT2D eigenvalue weighted by Gasteiger charge is 2.18. The molecule has 0 N–H and O–H groups in total. The summed E-state index contributed by atoms with van der Waals surface area (Å²) in [5.41, 5.74) is 1.26. The summed E-state index contributed by atoms with van der Waals surface area (Å²) in [6, 6.07) is 6.22. The van der Waals surface area contributed by atoms with Crippen LogP contribution in [-0.4, -0.2) is 6.61 Å². The molecule has 1 fully saturated rings. The maximum atomic E-state index is 5.75. The summed E-state index contributed by atoms with van der Waals surface area (Å²) in [4.78, 5) is 0. The molecule has 76 valence electrons. The monoisotopic (exact) mass is 254 g/mol.